The van der Waals surface area contributed by atoms with Crippen molar-refractivity contribution in [2.24, 2.45) is 5.41 Å². The zero-order valence-electron chi connectivity index (χ0n) is 13.1. The van der Waals surface area contributed by atoms with E-state index in [9.17, 15) is 9.59 Å². The summed E-state index contributed by atoms with van der Waals surface area (Å²) in [5.41, 5.74) is -0.254. The predicted molar refractivity (Wildman–Crippen MR) is 76.7 cm³/mol. The van der Waals surface area contributed by atoms with Crippen molar-refractivity contribution in [3.8, 4) is 0 Å². The standard InChI is InChI=1S/C15H28N2O2/c1-7-10(8-2)17-11(9-3)13(18)16-12(14(17)19)15(4,5)6/h10-12H,7-9H2,1-6H3,(H,16,18). The molecule has 1 aliphatic heterocycles. The molecule has 1 fully saturated rings. The molecule has 110 valence electrons. The minimum Gasteiger partial charge on any atom is -0.342 e. The lowest BCUT2D eigenvalue weighted by molar-refractivity contribution is -0.155. The van der Waals surface area contributed by atoms with Crippen LogP contribution in [0.3, 0.4) is 0 Å². The van der Waals surface area contributed by atoms with Gasteiger partial charge in [0.1, 0.15) is 12.1 Å². The van der Waals surface area contributed by atoms with E-state index < -0.39 is 6.04 Å². The molecule has 0 bridgehead atoms. The molecule has 0 aromatic carbocycles. The molecule has 0 aromatic rings. The number of rotatable bonds is 4. The van der Waals surface area contributed by atoms with Gasteiger partial charge in [0.25, 0.3) is 0 Å². The van der Waals surface area contributed by atoms with E-state index in [1.807, 2.05) is 32.6 Å². The number of hydrogen-bond acceptors (Lipinski definition) is 2. The molecule has 1 rings (SSSR count). The smallest absolute Gasteiger partial charge is 0.246 e. The van der Waals surface area contributed by atoms with Crippen LogP contribution in [0.15, 0.2) is 0 Å². The van der Waals surface area contributed by atoms with E-state index in [0.29, 0.717) is 6.42 Å². The molecule has 1 heterocycles. The summed E-state index contributed by atoms with van der Waals surface area (Å²) in [5, 5.41) is 2.91. The predicted octanol–water partition coefficient (Wildman–Crippen LogP) is 2.33. The zero-order chi connectivity index (χ0) is 14.8. The third kappa shape index (κ3) is 3.10. The summed E-state index contributed by atoms with van der Waals surface area (Å²) in [6.45, 7) is 12.1. The highest BCUT2D eigenvalue weighted by Crippen LogP contribution is 2.28. The SMILES string of the molecule is CCC(CC)N1C(=O)C(C(C)(C)C)NC(=O)C1CC. The van der Waals surface area contributed by atoms with Gasteiger partial charge in [0.15, 0.2) is 0 Å². The molecule has 1 aliphatic rings. The van der Waals surface area contributed by atoms with Crippen LogP contribution in [0.25, 0.3) is 0 Å². The zero-order valence-corrected chi connectivity index (χ0v) is 13.1. The number of piperazine rings is 1. The minimum absolute atomic E-state index is 0.00562. The van der Waals surface area contributed by atoms with Crippen LogP contribution in [0.1, 0.15) is 60.8 Å². The van der Waals surface area contributed by atoms with Crippen LogP contribution < -0.4 is 5.32 Å². The maximum Gasteiger partial charge on any atom is 0.246 e. The molecule has 0 saturated carbocycles. The number of hydrogen-bond donors (Lipinski definition) is 1. The summed E-state index contributed by atoms with van der Waals surface area (Å²) >= 11 is 0. The summed E-state index contributed by atoms with van der Waals surface area (Å²) in [7, 11) is 0. The van der Waals surface area contributed by atoms with Crippen molar-refractivity contribution >= 4 is 11.8 Å². The molecule has 4 heteroatoms. The highest BCUT2D eigenvalue weighted by molar-refractivity contribution is 5.97. The number of carbonyl (C=O) groups excluding carboxylic acids is 2. The van der Waals surface area contributed by atoms with E-state index in [4.69, 9.17) is 0 Å². The van der Waals surface area contributed by atoms with E-state index >= 15 is 0 Å². The quantitative estimate of drug-likeness (QED) is 0.850. The van der Waals surface area contributed by atoms with E-state index in [0.717, 1.165) is 12.8 Å². The number of nitrogens with zero attached hydrogens (tertiary/aromatic N) is 1. The molecule has 0 radical (unpaired) electrons. The van der Waals surface area contributed by atoms with E-state index in [-0.39, 0.29) is 29.3 Å². The molecule has 2 atom stereocenters. The summed E-state index contributed by atoms with van der Waals surface area (Å²) < 4.78 is 0. The molecule has 0 aromatic heterocycles. The Bertz CT molecular complexity index is 343. The number of amides is 2. The van der Waals surface area contributed by atoms with Crippen molar-refractivity contribution in [2.75, 3.05) is 0 Å². The van der Waals surface area contributed by atoms with Gasteiger partial charge in [-0.1, -0.05) is 41.5 Å². The fraction of sp³-hybridized carbons (Fsp3) is 0.867. The Morgan fingerprint density at radius 3 is 2.05 bits per heavy atom. The molecular weight excluding hydrogens is 240 g/mol. The first kappa shape index (κ1) is 16.0. The Hall–Kier alpha value is -1.06. The molecule has 0 aliphatic carbocycles. The summed E-state index contributed by atoms with van der Waals surface area (Å²) in [4.78, 5) is 26.9. The highest BCUT2D eigenvalue weighted by atomic mass is 16.2. The lowest BCUT2D eigenvalue weighted by Crippen LogP contribution is -2.68. The first-order valence-electron chi connectivity index (χ1n) is 7.40. The van der Waals surface area contributed by atoms with Crippen LogP contribution >= 0.6 is 0 Å². The molecule has 4 nitrogen and oxygen atoms in total. The molecule has 19 heavy (non-hydrogen) atoms. The summed E-state index contributed by atoms with van der Waals surface area (Å²) in [6.07, 6.45) is 2.46. The third-order valence-electron chi connectivity index (χ3n) is 4.02. The largest absolute Gasteiger partial charge is 0.342 e. The molecule has 2 amide bonds. The van der Waals surface area contributed by atoms with Crippen LogP contribution in [0, 0.1) is 5.41 Å². The van der Waals surface area contributed by atoms with Crippen LogP contribution in [0.4, 0.5) is 0 Å². The molecule has 0 spiro atoms. The third-order valence-corrected chi connectivity index (χ3v) is 4.02. The van der Waals surface area contributed by atoms with Crippen LogP contribution in [-0.2, 0) is 9.59 Å². The lowest BCUT2D eigenvalue weighted by atomic mass is 9.83. The monoisotopic (exact) mass is 268 g/mol. The van der Waals surface area contributed by atoms with Crippen molar-refractivity contribution in [2.45, 2.75) is 78.9 Å². The molecule has 2 unspecified atom stereocenters. The Morgan fingerprint density at radius 2 is 1.68 bits per heavy atom. The number of carbonyl (C=O) groups is 2. The van der Waals surface area contributed by atoms with Gasteiger partial charge in [-0.05, 0) is 24.7 Å². The van der Waals surface area contributed by atoms with Gasteiger partial charge in [-0.15, -0.1) is 0 Å². The topological polar surface area (TPSA) is 49.4 Å². The van der Waals surface area contributed by atoms with Gasteiger partial charge in [-0.2, -0.15) is 0 Å². The second-order valence-electron chi connectivity index (χ2n) is 6.45. The van der Waals surface area contributed by atoms with E-state index in [1.54, 1.807) is 0 Å². The Balaban J connectivity index is 3.13. The van der Waals surface area contributed by atoms with Crippen LogP contribution in [-0.4, -0.2) is 34.8 Å². The fourth-order valence-corrected chi connectivity index (χ4v) is 2.81. The van der Waals surface area contributed by atoms with Crippen molar-refractivity contribution in [1.29, 1.82) is 0 Å². The number of nitrogens with one attached hydrogen (secondary N) is 1. The Morgan fingerprint density at radius 1 is 1.16 bits per heavy atom. The molecule has 1 saturated heterocycles. The Labute approximate surface area is 116 Å². The molecule has 1 N–H and O–H groups in total. The van der Waals surface area contributed by atoms with E-state index in [2.05, 4.69) is 19.2 Å². The first-order chi connectivity index (χ1) is 8.77. The second kappa shape index (κ2) is 5.93. The van der Waals surface area contributed by atoms with Crippen LogP contribution in [0.2, 0.25) is 0 Å². The summed E-state index contributed by atoms with van der Waals surface area (Å²) in [6, 6.07) is -0.562. The minimum atomic E-state index is -0.414. The van der Waals surface area contributed by atoms with E-state index in [1.165, 1.54) is 0 Å². The van der Waals surface area contributed by atoms with Crippen molar-refractivity contribution < 1.29 is 9.59 Å². The fourth-order valence-electron chi connectivity index (χ4n) is 2.81. The van der Waals surface area contributed by atoms with Gasteiger partial charge >= 0.3 is 0 Å². The van der Waals surface area contributed by atoms with Gasteiger partial charge in [0, 0.05) is 6.04 Å². The second-order valence-corrected chi connectivity index (χ2v) is 6.45. The lowest BCUT2D eigenvalue weighted by Gasteiger charge is -2.46. The average molecular weight is 268 g/mol. The maximum absolute atomic E-state index is 12.8. The van der Waals surface area contributed by atoms with Gasteiger partial charge in [0.2, 0.25) is 11.8 Å². The molecular formula is C15H28N2O2. The van der Waals surface area contributed by atoms with Crippen molar-refractivity contribution in [1.82, 2.24) is 10.2 Å². The first-order valence-corrected chi connectivity index (χ1v) is 7.40. The van der Waals surface area contributed by atoms with Crippen LogP contribution in [0.5, 0.6) is 0 Å². The Kier molecular flexibility index (Phi) is 4.99. The van der Waals surface area contributed by atoms with Gasteiger partial charge in [-0.3, -0.25) is 9.59 Å². The highest BCUT2D eigenvalue weighted by Gasteiger charge is 2.46. The van der Waals surface area contributed by atoms with Gasteiger partial charge in [0.05, 0.1) is 0 Å². The normalized spacial score (nSPS) is 24.9. The van der Waals surface area contributed by atoms with Gasteiger partial charge < -0.3 is 10.2 Å². The summed E-state index contributed by atoms with van der Waals surface area (Å²) in [5.74, 6) is 0.0709. The van der Waals surface area contributed by atoms with Crippen molar-refractivity contribution in [3.63, 3.8) is 0 Å². The maximum atomic E-state index is 12.8. The van der Waals surface area contributed by atoms with Gasteiger partial charge in [-0.25, -0.2) is 0 Å². The average Bonchev–Trinajstić information content (AvgIpc) is 2.33. The van der Waals surface area contributed by atoms with Crippen molar-refractivity contribution in [3.05, 3.63) is 0 Å².